The maximum atomic E-state index is 12.0. The summed E-state index contributed by atoms with van der Waals surface area (Å²) in [6, 6.07) is 9.66. The fourth-order valence-corrected chi connectivity index (χ4v) is 1.94. The molecule has 0 spiro atoms. The number of hydrogen-bond acceptors (Lipinski definition) is 5. The van der Waals surface area contributed by atoms with E-state index < -0.39 is 0 Å². The van der Waals surface area contributed by atoms with E-state index in [9.17, 15) is 9.90 Å². The summed E-state index contributed by atoms with van der Waals surface area (Å²) in [4.78, 5) is 17.7. The maximum absolute atomic E-state index is 12.0. The third-order valence-electron chi connectivity index (χ3n) is 2.88. The second kappa shape index (κ2) is 6.78. The highest BCUT2D eigenvalue weighted by Gasteiger charge is 2.11. The number of aromatic hydroxyl groups is 1. The van der Waals surface area contributed by atoms with Gasteiger partial charge in [0.2, 0.25) is 5.91 Å². The summed E-state index contributed by atoms with van der Waals surface area (Å²) < 4.78 is 0. The third kappa shape index (κ3) is 3.87. The minimum absolute atomic E-state index is 0.0326. The normalized spacial score (nSPS) is 9.86. The summed E-state index contributed by atoms with van der Waals surface area (Å²) in [6.45, 7) is 0.0326. The molecule has 2 N–H and O–H groups in total. The number of amides is 1. The Labute approximate surface area is 132 Å². The smallest absolute Gasteiger partial charge is 0.244 e. The largest absolute Gasteiger partial charge is 0.506 e. The molecule has 112 valence electrons. The van der Waals surface area contributed by atoms with Crippen molar-refractivity contribution in [3.05, 3.63) is 47.1 Å². The van der Waals surface area contributed by atoms with Crippen LogP contribution in [0.15, 0.2) is 36.5 Å². The molecule has 0 aliphatic carbocycles. The second-order valence-corrected chi connectivity index (χ2v) is 5.02. The van der Waals surface area contributed by atoms with E-state index in [-0.39, 0.29) is 23.9 Å². The maximum Gasteiger partial charge on any atom is 0.244 e. The topological polar surface area (TPSA) is 89.3 Å². The molecule has 0 unspecified atom stereocenters. The number of pyridine rings is 1. The van der Waals surface area contributed by atoms with Crippen LogP contribution in [0.2, 0.25) is 5.02 Å². The molecule has 1 aromatic carbocycles. The Hall–Kier alpha value is -2.78. The van der Waals surface area contributed by atoms with Crippen LogP contribution in [0.1, 0.15) is 5.56 Å². The molecule has 1 heterocycles. The molecule has 0 bridgehead atoms. The summed E-state index contributed by atoms with van der Waals surface area (Å²) in [5.41, 5.74) is 0.698. The highest BCUT2D eigenvalue weighted by Crippen LogP contribution is 2.26. The predicted molar refractivity (Wildman–Crippen MR) is 84.0 cm³/mol. The lowest BCUT2D eigenvalue weighted by atomic mass is 10.3. The SMILES string of the molecule is CN(CC(=O)Nc1cc(Cl)ccc1O)c1ccc(C#N)cn1. The highest BCUT2D eigenvalue weighted by molar-refractivity contribution is 6.31. The van der Waals surface area contributed by atoms with Crippen molar-refractivity contribution in [2.45, 2.75) is 0 Å². The van der Waals surface area contributed by atoms with Gasteiger partial charge in [0.25, 0.3) is 0 Å². The molecule has 7 heteroatoms. The van der Waals surface area contributed by atoms with E-state index in [1.165, 1.54) is 24.4 Å². The van der Waals surface area contributed by atoms with Crippen LogP contribution in [-0.2, 0) is 4.79 Å². The lowest BCUT2D eigenvalue weighted by Crippen LogP contribution is -2.30. The van der Waals surface area contributed by atoms with E-state index in [0.29, 0.717) is 16.4 Å². The average molecular weight is 317 g/mol. The van der Waals surface area contributed by atoms with Crippen molar-refractivity contribution in [2.24, 2.45) is 0 Å². The van der Waals surface area contributed by atoms with Gasteiger partial charge >= 0.3 is 0 Å². The first kappa shape index (κ1) is 15.6. The third-order valence-corrected chi connectivity index (χ3v) is 3.12. The second-order valence-electron chi connectivity index (χ2n) is 4.58. The van der Waals surface area contributed by atoms with Crippen LogP contribution < -0.4 is 10.2 Å². The number of phenols is 1. The first-order valence-corrected chi connectivity index (χ1v) is 6.73. The zero-order valence-corrected chi connectivity index (χ0v) is 12.5. The molecular formula is C15H13ClN4O2. The van der Waals surface area contributed by atoms with Crippen LogP contribution in [0, 0.1) is 11.3 Å². The van der Waals surface area contributed by atoms with Gasteiger partial charge in [0, 0.05) is 18.3 Å². The van der Waals surface area contributed by atoms with Crippen LogP contribution in [0.25, 0.3) is 0 Å². The number of nitrogens with zero attached hydrogens (tertiary/aromatic N) is 3. The monoisotopic (exact) mass is 316 g/mol. The number of benzene rings is 1. The number of carbonyl (C=O) groups excluding carboxylic acids is 1. The summed E-state index contributed by atoms with van der Waals surface area (Å²) in [7, 11) is 1.70. The zero-order chi connectivity index (χ0) is 16.1. The molecule has 0 fully saturated rings. The molecular weight excluding hydrogens is 304 g/mol. The van der Waals surface area contributed by atoms with Crippen molar-refractivity contribution < 1.29 is 9.90 Å². The summed E-state index contributed by atoms with van der Waals surface area (Å²) in [5, 5.41) is 21.4. The van der Waals surface area contributed by atoms with Crippen molar-refractivity contribution in [3.63, 3.8) is 0 Å². The molecule has 0 radical (unpaired) electrons. The Morgan fingerprint density at radius 3 is 2.86 bits per heavy atom. The van der Waals surface area contributed by atoms with Crippen LogP contribution in [-0.4, -0.2) is 29.6 Å². The first-order chi connectivity index (χ1) is 10.5. The lowest BCUT2D eigenvalue weighted by Gasteiger charge is -2.17. The molecule has 2 aromatic rings. The van der Waals surface area contributed by atoms with Gasteiger partial charge in [-0.1, -0.05) is 11.6 Å². The molecule has 0 aliphatic rings. The molecule has 0 saturated heterocycles. The van der Waals surface area contributed by atoms with E-state index in [4.69, 9.17) is 16.9 Å². The van der Waals surface area contributed by atoms with E-state index in [2.05, 4.69) is 10.3 Å². The van der Waals surface area contributed by atoms with Gasteiger partial charge in [-0.25, -0.2) is 4.98 Å². The van der Waals surface area contributed by atoms with Crippen LogP contribution >= 0.6 is 11.6 Å². The molecule has 0 atom stereocenters. The van der Waals surface area contributed by atoms with Crippen molar-refractivity contribution in [1.29, 1.82) is 5.26 Å². The number of hydrogen-bond donors (Lipinski definition) is 2. The molecule has 0 saturated carbocycles. The zero-order valence-electron chi connectivity index (χ0n) is 11.7. The number of anilines is 2. The molecule has 22 heavy (non-hydrogen) atoms. The van der Waals surface area contributed by atoms with E-state index in [1.807, 2.05) is 6.07 Å². The number of rotatable bonds is 4. The van der Waals surface area contributed by atoms with Gasteiger partial charge in [0.1, 0.15) is 17.6 Å². The summed E-state index contributed by atoms with van der Waals surface area (Å²) in [6.07, 6.45) is 1.44. The van der Waals surface area contributed by atoms with Gasteiger partial charge in [-0.2, -0.15) is 5.26 Å². The van der Waals surface area contributed by atoms with Gasteiger partial charge in [-0.3, -0.25) is 4.79 Å². The molecule has 0 aliphatic heterocycles. The minimum Gasteiger partial charge on any atom is -0.506 e. The minimum atomic E-state index is -0.328. The fourth-order valence-electron chi connectivity index (χ4n) is 1.77. The number of halogens is 1. The number of aromatic nitrogens is 1. The van der Waals surface area contributed by atoms with Crippen molar-refractivity contribution in [3.8, 4) is 11.8 Å². The van der Waals surface area contributed by atoms with E-state index in [1.54, 1.807) is 24.1 Å². The van der Waals surface area contributed by atoms with Crippen molar-refractivity contribution in [1.82, 2.24) is 4.98 Å². The fraction of sp³-hybridized carbons (Fsp3) is 0.133. The van der Waals surface area contributed by atoms with Gasteiger partial charge in [-0.05, 0) is 30.3 Å². The average Bonchev–Trinajstić information content (AvgIpc) is 2.51. The number of nitriles is 1. The van der Waals surface area contributed by atoms with Gasteiger partial charge in [0.15, 0.2) is 0 Å². The van der Waals surface area contributed by atoms with Crippen molar-refractivity contribution >= 4 is 29.0 Å². The number of likely N-dealkylation sites (N-methyl/N-ethyl adjacent to an activating group) is 1. The molecule has 2 rings (SSSR count). The Kier molecular flexibility index (Phi) is 4.81. The molecule has 1 aromatic heterocycles. The Morgan fingerprint density at radius 2 is 2.23 bits per heavy atom. The summed E-state index contributed by atoms with van der Waals surface area (Å²) >= 11 is 5.82. The Morgan fingerprint density at radius 1 is 1.45 bits per heavy atom. The van der Waals surface area contributed by atoms with Crippen LogP contribution in [0.5, 0.6) is 5.75 Å². The molecule has 1 amide bonds. The number of nitrogens with one attached hydrogen (secondary N) is 1. The predicted octanol–water partition coefficient (Wildman–Crippen LogP) is 2.39. The van der Waals surface area contributed by atoms with Gasteiger partial charge in [-0.15, -0.1) is 0 Å². The van der Waals surface area contributed by atoms with Gasteiger partial charge in [0.05, 0.1) is 17.8 Å². The highest BCUT2D eigenvalue weighted by atomic mass is 35.5. The Balaban J connectivity index is 2.01. The van der Waals surface area contributed by atoms with E-state index in [0.717, 1.165) is 0 Å². The lowest BCUT2D eigenvalue weighted by molar-refractivity contribution is -0.114. The first-order valence-electron chi connectivity index (χ1n) is 6.35. The van der Waals surface area contributed by atoms with Gasteiger partial charge < -0.3 is 15.3 Å². The molecule has 6 nitrogen and oxygen atoms in total. The summed E-state index contributed by atoms with van der Waals surface area (Å²) in [5.74, 6) is 0.174. The number of phenolic OH excluding ortho intramolecular Hbond substituents is 1. The quantitative estimate of drug-likeness (QED) is 0.845. The standard InChI is InChI=1S/C15H13ClN4O2/c1-20(14-5-2-10(7-17)8-18-14)9-15(22)19-12-6-11(16)3-4-13(12)21/h2-6,8,21H,9H2,1H3,(H,19,22). The van der Waals surface area contributed by atoms with E-state index >= 15 is 0 Å². The Bertz CT molecular complexity index is 725. The number of carbonyl (C=O) groups is 1. The van der Waals surface area contributed by atoms with Crippen molar-refractivity contribution in [2.75, 3.05) is 23.8 Å². The van der Waals surface area contributed by atoms with Crippen LogP contribution in [0.3, 0.4) is 0 Å². The van der Waals surface area contributed by atoms with Crippen LogP contribution in [0.4, 0.5) is 11.5 Å².